The van der Waals surface area contributed by atoms with Crippen LogP contribution in [0.5, 0.6) is 0 Å². The lowest BCUT2D eigenvalue weighted by Crippen LogP contribution is -2.06. The number of aryl methyl sites for hydroxylation is 1. The molecule has 1 heterocycles. The third kappa shape index (κ3) is 4.31. The number of hydrogen-bond acceptors (Lipinski definition) is 3. The monoisotopic (exact) mass is 349 g/mol. The van der Waals surface area contributed by atoms with Crippen LogP contribution in [0.15, 0.2) is 65.8 Å². The molecule has 4 rings (SSSR count). The van der Waals surface area contributed by atoms with Crippen molar-refractivity contribution in [1.29, 1.82) is 0 Å². The molecule has 0 N–H and O–H groups in total. The van der Waals surface area contributed by atoms with Crippen molar-refractivity contribution < 1.29 is 0 Å². The molecular weight excluding hydrogens is 326 g/mol. The molecule has 0 spiro atoms. The molecule has 4 heteroatoms. The van der Waals surface area contributed by atoms with E-state index in [2.05, 4.69) is 75.4 Å². The van der Waals surface area contributed by atoms with Gasteiger partial charge in [0.25, 0.3) is 0 Å². The quantitative estimate of drug-likeness (QED) is 0.427. The Hall–Kier alpha value is -2.07. The lowest BCUT2D eigenvalue weighted by atomic mass is 10.1. The van der Waals surface area contributed by atoms with Crippen LogP contribution in [0, 0.1) is 0 Å². The zero-order valence-corrected chi connectivity index (χ0v) is 15.2. The predicted octanol–water partition coefficient (Wildman–Crippen LogP) is 4.93. The van der Waals surface area contributed by atoms with Crippen molar-refractivity contribution in [1.82, 2.24) is 14.8 Å². The number of nitrogens with zero attached hydrogens (tertiary/aromatic N) is 3. The molecule has 0 atom stereocenters. The van der Waals surface area contributed by atoms with Crippen LogP contribution in [0.25, 0.3) is 0 Å². The van der Waals surface area contributed by atoms with Crippen LogP contribution in [0.2, 0.25) is 0 Å². The summed E-state index contributed by atoms with van der Waals surface area (Å²) >= 11 is 1.84. The van der Waals surface area contributed by atoms with E-state index in [9.17, 15) is 0 Å². The van der Waals surface area contributed by atoms with Crippen LogP contribution in [-0.4, -0.2) is 20.5 Å². The molecule has 0 unspecified atom stereocenters. The molecule has 1 aromatic heterocycles. The summed E-state index contributed by atoms with van der Waals surface area (Å²) in [6.45, 7) is 0.876. The standard InChI is InChI=1S/C21H23N3S/c1-3-8-17(9-4-1)12-7-15-25-21-23-22-20(19-13-14-19)24(21)16-18-10-5-2-6-11-18/h1-6,8-11,19H,7,12-16H2. The maximum Gasteiger partial charge on any atom is 0.191 e. The highest BCUT2D eigenvalue weighted by Gasteiger charge is 2.30. The normalized spacial score (nSPS) is 13.9. The fourth-order valence-electron chi connectivity index (χ4n) is 3.05. The van der Waals surface area contributed by atoms with Crippen molar-refractivity contribution in [3.8, 4) is 0 Å². The van der Waals surface area contributed by atoms with Gasteiger partial charge in [-0.25, -0.2) is 0 Å². The molecule has 3 aromatic rings. The smallest absolute Gasteiger partial charge is 0.191 e. The van der Waals surface area contributed by atoms with Gasteiger partial charge in [-0.1, -0.05) is 72.4 Å². The lowest BCUT2D eigenvalue weighted by molar-refractivity contribution is 0.667. The minimum Gasteiger partial charge on any atom is -0.301 e. The number of aromatic nitrogens is 3. The Labute approximate surface area is 153 Å². The summed E-state index contributed by atoms with van der Waals surface area (Å²) in [5.74, 6) is 2.87. The number of hydrogen-bond donors (Lipinski definition) is 0. The molecule has 2 aromatic carbocycles. The maximum absolute atomic E-state index is 4.50. The summed E-state index contributed by atoms with van der Waals surface area (Å²) in [6, 6.07) is 21.3. The van der Waals surface area contributed by atoms with Crippen LogP contribution in [0.1, 0.15) is 42.1 Å². The first kappa shape index (κ1) is 16.4. The van der Waals surface area contributed by atoms with Crippen LogP contribution in [0.4, 0.5) is 0 Å². The second kappa shape index (κ2) is 7.87. The van der Waals surface area contributed by atoms with Crippen molar-refractivity contribution in [2.45, 2.75) is 43.3 Å². The van der Waals surface area contributed by atoms with E-state index in [4.69, 9.17) is 0 Å². The minimum atomic E-state index is 0.620. The second-order valence-corrected chi connectivity index (χ2v) is 7.69. The predicted molar refractivity (Wildman–Crippen MR) is 103 cm³/mol. The van der Waals surface area contributed by atoms with E-state index in [1.54, 1.807) is 0 Å². The molecule has 1 fully saturated rings. The third-order valence-electron chi connectivity index (χ3n) is 4.56. The molecule has 0 saturated heterocycles. The van der Waals surface area contributed by atoms with Crippen LogP contribution < -0.4 is 0 Å². The van der Waals surface area contributed by atoms with E-state index in [1.807, 2.05) is 11.8 Å². The lowest BCUT2D eigenvalue weighted by Gasteiger charge is -2.10. The van der Waals surface area contributed by atoms with Crippen LogP contribution in [0.3, 0.4) is 0 Å². The van der Waals surface area contributed by atoms with Gasteiger partial charge in [0.2, 0.25) is 0 Å². The van der Waals surface area contributed by atoms with E-state index < -0.39 is 0 Å². The Balaban J connectivity index is 1.40. The fourth-order valence-corrected chi connectivity index (χ4v) is 3.93. The Morgan fingerprint density at radius 3 is 2.24 bits per heavy atom. The Bertz CT molecular complexity index is 795. The van der Waals surface area contributed by atoms with Gasteiger partial charge in [0.1, 0.15) is 5.82 Å². The van der Waals surface area contributed by atoms with E-state index in [1.165, 1.54) is 29.8 Å². The van der Waals surface area contributed by atoms with Crippen molar-refractivity contribution in [2.75, 3.05) is 5.75 Å². The summed E-state index contributed by atoms with van der Waals surface area (Å²) in [4.78, 5) is 0. The molecule has 0 radical (unpaired) electrons. The fraction of sp³-hybridized carbons (Fsp3) is 0.333. The molecule has 0 amide bonds. The zero-order chi connectivity index (χ0) is 16.9. The van der Waals surface area contributed by atoms with Gasteiger partial charge in [-0.05, 0) is 36.8 Å². The highest BCUT2D eigenvalue weighted by atomic mass is 32.2. The van der Waals surface area contributed by atoms with Gasteiger partial charge >= 0.3 is 0 Å². The Kier molecular flexibility index (Phi) is 5.17. The van der Waals surface area contributed by atoms with Gasteiger partial charge in [-0.15, -0.1) is 10.2 Å². The maximum atomic E-state index is 4.50. The average molecular weight is 350 g/mol. The van der Waals surface area contributed by atoms with E-state index >= 15 is 0 Å². The minimum absolute atomic E-state index is 0.620. The van der Waals surface area contributed by atoms with Gasteiger partial charge < -0.3 is 4.57 Å². The molecule has 0 bridgehead atoms. The Morgan fingerprint density at radius 1 is 0.880 bits per heavy atom. The highest BCUT2D eigenvalue weighted by molar-refractivity contribution is 7.99. The van der Waals surface area contributed by atoms with Gasteiger partial charge in [0.05, 0.1) is 6.54 Å². The largest absolute Gasteiger partial charge is 0.301 e. The number of thioether (sulfide) groups is 1. The van der Waals surface area contributed by atoms with Crippen molar-refractivity contribution in [3.63, 3.8) is 0 Å². The van der Waals surface area contributed by atoms with Crippen molar-refractivity contribution in [2.24, 2.45) is 0 Å². The Morgan fingerprint density at radius 2 is 1.56 bits per heavy atom. The average Bonchev–Trinajstić information content (AvgIpc) is 3.43. The first-order valence-electron chi connectivity index (χ1n) is 9.04. The van der Waals surface area contributed by atoms with Gasteiger partial charge in [-0.2, -0.15) is 0 Å². The van der Waals surface area contributed by atoms with Gasteiger partial charge in [0.15, 0.2) is 5.16 Å². The summed E-state index contributed by atoms with van der Waals surface area (Å²) in [7, 11) is 0. The zero-order valence-electron chi connectivity index (χ0n) is 14.3. The molecule has 1 aliphatic rings. The SMILES string of the molecule is c1ccc(CCCSc2nnc(C3CC3)n2Cc2ccccc2)cc1. The molecule has 3 nitrogen and oxygen atoms in total. The summed E-state index contributed by atoms with van der Waals surface area (Å²) in [6.07, 6.45) is 4.79. The van der Waals surface area contributed by atoms with E-state index in [-0.39, 0.29) is 0 Å². The van der Waals surface area contributed by atoms with E-state index in [0.717, 1.165) is 30.3 Å². The van der Waals surface area contributed by atoms with Crippen LogP contribution >= 0.6 is 11.8 Å². The molecule has 25 heavy (non-hydrogen) atoms. The van der Waals surface area contributed by atoms with Gasteiger partial charge in [-0.3, -0.25) is 0 Å². The second-order valence-electron chi connectivity index (χ2n) is 6.62. The summed E-state index contributed by atoms with van der Waals surface area (Å²) in [5.41, 5.74) is 2.72. The molecule has 0 aliphatic heterocycles. The number of benzene rings is 2. The van der Waals surface area contributed by atoms with Crippen molar-refractivity contribution >= 4 is 11.8 Å². The van der Waals surface area contributed by atoms with E-state index in [0.29, 0.717) is 5.92 Å². The molecular formula is C21H23N3S. The topological polar surface area (TPSA) is 30.7 Å². The van der Waals surface area contributed by atoms with Crippen molar-refractivity contribution in [3.05, 3.63) is 77.6 Å². The highest BCUT2D eigenvalue weighted by Crippen LogP contribution is 2.40. The summed E-state index contributed by atoms with van der Waals surface area (Å²) < 4.78 is 2.33. The molecule has 1 aliphatic carbocycles. The third-order valence-corrected chi connectivity index (χ3v) is 5.61. The summed E-state index contributed by atoms with van der Waals surface area (Å²) in [5, 5.41) is 10.1. The first-order valence-corrected chi connectivity index (χ1v) is 10.0. The molecule has 128 valence electrons. The number of rotatable bonds is 8. The first-order chi connectivity index (χ1) is 12.4. The molecule has 1 saturated carbocycles. The van der Waals surface area contributed by atoms with Gasteiger partial charge in [0, 0.05) is 11.7 Å². The van der Waals surface area contributed by atoms with Crippen LogP contribution in [-0.2, 0) is 13.0 Å².